The number of ether oxygens (including phenoxy) is 1. The van der Waals surface area contributed by atoms with Crippen LogP contribution in [-0.4, -0.2) is 62.2 Å². The Labute approximate surface area is 164 Å². The molecular weight excluding hydrogens is 340 g/mol. The number of hydrogen-bond acceptors (Lipinski definition) is 3. The van der Waals surface area contributed by atoms with Gasteiger partial charge in [-0.15, -0.1) is 0 Å². The van der Waals surface area contributed by atoms with Gasteiger partial charge >= 0.3 is 0 Å². The quantitative estimate of drug-likeness (QED) is 0.406. The molecule has 6 nitrogen and oxygen atoms in total. The van der Waals surface area contributed by atoms with Gasteiger partial charge in [-0.3, -0.25) is 9.79 Å². The lowest BCUT2D eigenvalue weighted by Crippen LogP contribution is -2.45. The summed E-state index contributed by atoms with van der Waals surface area (Å²) in [6.07, 6.45) is 13.5. The second kappa shape index (κ2) is 10.9. The number of carbonyl (C=O) groups is 1. The van der Waals surface area contributed by atoms with E-state index in [9.17, 15) is 4.79 Å². The van der Waals surface area contributed by atoms with Crippen LogP contribution in [0.15, 0.2) is 4.99 Å². The zero-order valence-corrected chi connectivity index (χ0v) is 17.0. The highest BCUT2D eigenvalue weighted by atomic mass is 16.5. The molecule has 3 rings (SSSR count). The van der Waals surface area contributed by atoms with E-state index < -0.39 is 0 Å². The van der Waals surface area contributed by atoms with Crippen LogP contribution in [0, 0.1) is 5.92 Å². The van der Waals surface area contributed by atoms with E-state index in [0.29, 0.717) is 18.1 Å². The molecule has 0 bridgehead atoms. The predicted molar refractivity (Wildman–Crippen MR) is 109 cm³/mol. The normalized spacial score (nSPS) is 25.1. The Kier molecular flexibility index (Phi) is 8.24. The van der Waals surface area contributed by atoms with E-state index in [4.69, 9.17) is 4.74 Å². The van der Waals surface area contributed by atoms with Crippen LogP contribution in [0.2, 0.25) is 0 Å². The van der Waals surface area contributed by atoms with Gasteiger partial charge in [-0.2, -0.15) is 0 Å². The minimum atomic E-state index is 0.273. The van der Waals surface area contributed by atoms with Gasteiger partial charge in [-0.05, 0) is 38.5 Å². The minimum absolute atomic E-state index is 0.273. The average Bonchev–Trinajstić information content (AvgIpc) is 3.39. The van der Waals surface area contributed by atoms with Crippen molar-refractivity contribution >= 4 is 11.9 Å². The first kappa shape index (κ1) is 20.4. The van der Waals surface area contributed by atoms with Crippen LogP contribution < -0.4 is 10.6 Å². The Morgan fingerprint density at radius 2 is 1.81 bits per heavy atom. The van der Waals surface area contributed by atoms with Crippen molar-refractivity contribution in [3.63, 3.8) is 0 Å². The van der Waals surface area contributed by atoms with Crippen molar-refractivity contribution in [1.82, 2.24) is 15.5 Å². The molecule has 0 aromatic carbocycles. The second-order valence-corrected chi connectivity index (χ2v) is 8.38. The Morgan fingerprint density at radius 1 is 1.07 bits per heavy atom. The van der Waals surface area contributed by atoms with E-state index in [-0.39, 0.29) is 5.92 Å². The van der Waals surface area contributed by atoms with Crippen molar-refractivity contribution in [3.05, 3.63) is 0 Å². The van der Waals surface area contributed by atoms with Crippen molar-refractivity contribution in [2.24, 2.45) is 10.9 Å². The molecule has 2 N–H and O–H groups in total. The number of carbonyl (C=O) groups excluding carboxylic acids is 1. The van der Waals surface area contributed by atoms with Gasteiger partial charge < -0.3 is 20.3 Å². The number of hydrogen-bond donors (Lipinski definition) is 2. The molecule has 1 amide bonds. The van der Waals surface area contributed by atoms with Gasteiger partial charge in [0.05, 0.1) is 6.10 Å². The van der Waals surface area contributed by atoms with Crippen LogP contribution in [-0.2, 0) is 9.53 Å². The van der Waals surface area contributed by atoms with E-state index >= 15 is 0 Å². The van der Waals surface area contributed by atoms with Crippen LogP contribution in [0.3, 0.4) is 0 Å². The average molecular weight is 379 g/mol. The fourth-order valence-electron chi connectivity index (χ4n) is 4.66. The minimum Gasteiger partial charge on any atom is -0.378 e. The molecule has 0 aromatic heterocycles. The monoisotopic (exact) mass is 378 g/mol. The molecule has 0 aromatic rings. The van der Waals surface area contributed by atoms with Gasteiger partial charge in [0.25, 0.3) is 0 Å². The topological polar surface area (TPSA) is 66.0 Å². The second-order valence-electron chi connectivity index (χ2n) is 8.38. The van der Waals surface area contributed by atoms with Gasteiger partial charge in [0.15, 0.2) is 5.96 Å². The predicted octanol–water partition coefficient (Wildman–Crippen LogP) is 2.68. The number of likely N-dealkylation sites (tertiary alicyclic amines) is 1. The number of nitrogens with one attached hydrogen (secondary N) is 2. The van der Waals surface area contributed by atoms with Gasteiger partial charge in [0, 0.05) is 45.2 Å². The molecule has 27 heavy (non-hydrogen) atoms. The van der Waals surface area contributed by atoms with E-state index in [1.807, 2.05) is 7.05 Å². The lowest BCUT2D eigenvalue weighted by molar-refractivity contribution is -0.135. The third-order valence-electron chi connectivity index (χ3n) is 6.29. The van der Waals surface area contributed by atoms with Gasteiger partial charge in [-0.25, -0.2) is 0 Å². The summed E-state index contributed by atoms with van der Waals surface area (Å²) in [5, 5.41) is 6.87. The maximum atomic E-state index is 12.7. The Bertz CT molecular complexity index is 485. The summed E-state index contributed by atoms with van der Waals surface area (Å²) < 4.78 is 5.91. The Hall–Kier alpha value is -1.30. The van der Waals surface area contributed by atoms with Crippen LogP contribution in [0.25, 0.3) is 0 Å². The third kappa shape index (κ3) is 6.37. The fraction of sp³-hybridized carbons (Fsp3) is 0.905. The third-order valence-corrected chi connectivity index (χ3v) is 6.29. The molecule has 2 saturated carbocycles. The molecule has 3 fully saturated rings. The Balaban J connectivity index is 1.30. The standard InChI is InChI=1S/C21H38N4O2/c1-22-21(23-13-7-15-27-19-10-5-6-11-19)24-18-12-14-25(16-18)20(26)17-8-3-2-4-9-17/h17-19H,2-16H2,1H3,(H2,22,23,24). The largest absolute Gasteiger partial charge is 0.378 e. The molecule has 1 heterocycles. The zero-order chi connectivity index (χ0) is 18.9. The first-order valence-electron chi connectivity index (χ1n) is 11.1. The fourth-order valence-corrected chi connectivity index (χ4v) is 4.66. The number of amides is 1. The highest BCUT2D eigenvalue weighted by Crippen LogP contribution is 2.26. The first-order valence-corrected chi connectivity index (χ1v) is 11.1. The molecule has 1 aliphatic heterocycles. The van der Waals surface area contributed by atoms with Crippen molar-refractivity contribution in [2.45, 2.75) is 82.8 Å². The highest BCUT2D eigenvalue weighted by Gasteiger charge is 2.31. The smallest absolute Gasteiger partial charge is 0.225 e. The maximum absolute atomic E-state index is 12.7. The van der Waals surface area contributed by atoms with E-state index in [0.717, 1.165) is 57.9 Å². The summed E-state index contributed by atoms with van der Waals surface area (Å²) in [7, 11) is 1.81. The lowest BCUT2D eigenvalue weighted by atomic mass is 9.88. The number of nitrogens with zero attached hydrogens (tertiary/aromatic N) is 2. The van der Waals surface area contributed by atoms with Gasteiger partial charge in [0.2, 0.25) is 5.91 Å². The van der Waals surface area contributed by atoms with Crippen LogP contribution in [0.4, 0.5) is 0 Å². The van der Waals surface area contributed by atoms with Gasteiger partial charge in [-0.1, -0.05) is 32.1 Å². The SMILES string of the molecule is CN=C(NCCCOC1CCCC1)NC1CCN(C(=O)C2CCCCC2)C1. The van der Waals surface area contributed by atoms with Crippen molar-refractivity contribution < 1.29 is 9.53 Å². The molecule has 2 aliphatic carbocycles. The molecule has 3 aliphatic rings. The Morgan fingerprint density at radius 3 is 2.56 bits per heavy atom. The number of aliphatic imine (C=N–C) groups is 1. The van der Waals surface area contributed by atoms with Gasteiger partial charge in [0.1, 0.15) is 0 Å². The van der Waals surface area contributed by atoms with E-state index in [1.165, 1.54) is 44.9 Å². The van der Waals surface area contributed by atoms with Crippen LogP contribution in [0.5, 0.6) is 0 Å². The van der Waals surface area contributed by atoms with E-state index in [1.54, 1.807) is 0 Å². The van der Waals surface area contributed by atoms with Crippen LogP contribution in [0.1, 0.15) is 70.6 Å². The molecule has 0 radical (unpaired) electrons. The number of guanidine groups is 1. The molecular formula is C21H38N4O2. The summed E-state index contributed by atoms with van der Waals surface area (Å²) in [6.45, 7) is 3.37. The lowest BCUT2D eigenvalue weighted by Gasteiger charge is -2.26. The molecule has 154 valence electrons. The summed E-state index contributed by atoms with van der Waals surface area (Å²) in [4.78, 5) is 19.1. The molecule has 6 heteroatoms. The highest BCUT2D eigenvalue weighted by molar-refractivity contribution is 5.81. The van der Waals surface area contributed by atoms with Crippen molar-refractivity contribution in [2.75, 3.05) is 33.3 Å². The summed E-state index contributed by atoms with van der Waals surface area (Å²) in [5.41, 5.74) is 0. The first-order chi connectivity index (χ1) is 13.3. The van der Waals surface area contributed by atoms with E-state index in [2.05, 4.69) is 20.5 Å². The summed E-state index contributed by atoms with van der Waals surface area (Å²) in [5.74, 6) is 1.49. The zero-order valence-electron chi connectivity index (χ0n) is 17.0. The van der Waals surface area contributed by atoms with Crippen molar-refractivity contribution in [1.29, 1.82) is 0 Å². The molecule has 0 spiro atoms. The molecule has 1 atom stereocenters. The summed E-state index contributed by atoms with van der Waals surface area (Å²) in [6, 6.07) is 0.304. The summed E-state index contributed by atoms with van der Waals surface area (Å²) >= 11 is 0. The van der Waals surface area contributed by atoms with Crippen molar-refractivity contribution in [3.8, 4) is 0 Å². The molecule has 1 saturated heterocycles. The molecule has 1 unspecified atom stereocenters. The number of rotatable bonds is 7. The maximum Gasteiger partial charge on any atom is 0.225 e. The van der Waals surface area contributed by atoms with Crippen LogP contribution >= 0.6 is 0 Å².